The van der Waals surface area contributed by atoms with E-state index in [0.717, 1.165) is 16.7 Å². The molecular formula is C18H21FO. The standard InChI is InChI=1S/C18H21FO/c1-12-5-6-14(11-13(12)2)17(20)18(3,4)15-7-9-16(19)10-8-15/h5-11,17,20H,1-4H3. The number of hydrogen-bond donors (Lipinski definition) is 1. The molecule has 2 aromatic carbocycles. The number of aliphatic hydroxyl groups is 1. The molecule has 0 heterocycles. The SMILES string of the molecule is Cc1ccc(C(O)C(C)(C)c2ccc(F)cc2)cc1C. The minimum absolute atomic E-state index is 0.259. The largest absolute Gasteiger partial charge is 0.388 e. The lowest BCUT2D eigenvalue weighted by Crippen LogP contribution is -2.27. The van der Waals surface area contributed by atoms with Crippen molar-refractivity contribution in [3.8, 4) is 0 Å². The van der Waals surface area contributed by atoms with E-state index >= 15 is 0 Å². The fourth-order valence-electron chi connectivity index (χ4n) is 2.39. The maximum atomic E-state index is 13.0. The zero-order valence-electron chi connectivity index (χ0n) is 12.4. The highest BCUT2D eigenvalue weighted by atomic mass is 19.1. The second-order valence-electron chi connectivity index (χ2n) is 5.97. The van der Waals surface area contributed by atoms with Crippen LogP contribution in [0.4, 0.5) is 4.39 Å². The van der Waals surface area contributed by atoms with Gasteiger partial charge in [-0.25, -0.2) is 4.39 Å². The quantitative estimate of drug-likeness (QED) is 0.875. The van der Waals surface area contributed by atoms with E-state index in [-0.39, 0.29) is 5.82 Å². The number of halogens is 1. The van der Waals surface area contributed by atoms with Crippen molar-refractivity contribution in [2.75, 3.05) is 0 Å². The lowest BCUT2D eigenvalue weighted by atomic mass is 9.76. The molecule has 20 heavy (non-hydrogen) atoms. The Morgan fingerprint density at radius 3 is 2.10 bits per heavy atom. The Labute approximate surface area is 120 Å². The molecule has 0 fully saturated rings. The van der Waals surface area contributed by atoms with Crippen LogP contribution in [-0.2, 0) is 5.41 Å². The number of benzene rings is 2. The number of aliphatic hydroxyl groups excluding tert-OH is 1. The van der Waals surface area contributed by atoms with Crippen molar-refractivity contribution in [2.24, 2.45) is 0 Å². The number of hydrogen-bond acceptors (Lipinski definition) is 1. The molecule has 0 amide bonds. The van der Waals surface area contributed by atoms with Crippen LogP contribution in [0.3, 0.4) is 0 Å². The second kappa shape index (κ2) is 5.37. The maximum Gasteiger partial charge on any atom is 0.123 e. The molecule has 1 unspecified atom stereocenters. The van der Waals surface area contributed by atoms with Crippen molar-refractivity contribution >= 4 is 0 Å². The fourth-order valence-corrected chi connectivity index (χ4v) is 2.39. The van der Waals surface area contributed by atoms with E-state index in [9.17, 15) is 9.50 Å². The van der Waals surface area contributed by atoms with Crippen LogP contribution in [0.5, 0.6) is 0 Å². The second-order valence-corrected chi connectivity index (χ2v) is 5.97. The molecule has 0 bridgehead atoms. The third-order valence-corrected chi connectivity index (χ3v) is 4.12. The van der Waals surface area contributed by atoms with Crippen LogP contribution in [0.2, 0.25) is 0 Å². The van der Waals surface area contributed by atoms with Gasteiger partial charge in [0.15, 0.2) is 0 Å². The first kappa shape index (κ1) is 14.7. The lowest BCUT2D eigenvalue weighted by molar-refractivity contribution is 0.100. The van der Waals surface area contributed by atoms with Crippen molar-refractivity contribution in [3.63, 3.8) is 0 Å². The molecule has 2 rings (SSSR count). The molecule has 1 nitrogen and oxygen atoms in total. The summed E-state index contributed by atoms with van der Waals surface area (Å²) >= 11 is 0. The Kier molecular flexibility index (Phi) is 3.96. The van der Waals surface area contributed by atoms with Crippen molar-refractivity contribution in [3.05, 3.63) is 70.5 Å². The normalized spacial score (nSPS) is 13.3. The van der Waals surface area contributed by atoms with Crippen LogP contribution < -0.4 is 0 Å². The summed E-state index contributed by atoms with van der Waals surface area (Å²) in [5.41, 5.74) is 3.71. The van der Waals surface area contributed by atoms with Crippen LogP contribution in [0.1, 0.15) is 42.2 Å². The van der Waals surface area contributed by atoms with Crippen molar-refractivity contribution in [1.82, 2.24) is 0 Å². The molecule has 106 valence electrons. The van der Waals surface area contributed by atoms with Gasteiger partial charge < -0.3 is 5.11 Å². The Hall–Kier alpha value is -1.67. The molecule has 0 aliphatic rings. The highest BCUT2D eigenvalue weighted by Gasteiger charge is 2.31. The fraction of sp³-hybridized carbons (Fsp3) is 0.333. The van der Waals surface area contributed by atoms with E-state index in [1.165, 1.54) is 17.7 Å². The summed E-state index contributed by atoms with van der Waals surface area (Å²) in [5, 5.41) is 10.7. The average molecular weight is 272 g/mol. The van der Waals surface area contributed by atoms with Crippen LogP contribution in [0, 0.1) is 19.7 Å². The predicted molar refractivity (Wildman–Crippen MR) is 80.3 cm³/mol. The predicted octanol–water partition coefficient (Wildman–Crippen LogP) is 4.45. The topological polar surface area (TPSA) is 20.2 Å². The summed E-state index contributed by atoms with van der Waals surface area (Å²) in [7, 11) is 0. The third kappa shape index (κ3) is 2.75. The van der Waals surface area contributed by atoms with Gasteiger partial charge in [0, 0.05) is 5.41 Å². The van der Waals surface area contributed by atoms with E-state index < -0.39 is 11.5 Å². The Balaban J connectivity index is 2.37. The van der Waals surface area contributed by atoms with Gasteiger partial charge >= 0.3 is 0 Å². The summed E-state index contributed by atoms with van der Waals surface area (Å²) in [6, 6.07) is 12.3. The van der Waals surface area contributed by atoms with E-state index in [2.05, 4.69) is 6.92 Å². The van der Waals surface area contributed by atoms with Crippen molar-refractivity contribution in [2.45, 2.75) is 39.2 Å². The van der Waals surface area contributed by atoms with E-state index in [1.54, 1.807) is 12.1 Å². The summed E-state index contributed by atoms with van der Waals surface area (Å²) in [6.07, 6.45) is -0.632. The molecule has 0 saturated carbocycles. The number of aryl methyl sites for hydroxylation is 2. The first-order valence-electron chi connectivity index (χ1n) is 6.83. The van der Waals surface area contributed by atoms with Crippen LogP contribution in [0.15, 0.2) is 42.5 Å². The molecule has 0 aliphatic carbocycles. The van der Waals surface area contributed by atoms with Gasteiger partial charge in [0.25, 0.3) is 0 Å². The molecular weight excluding hydrogens is 251 g/mol. The smallest absolute Gasteiger partial charge is 0.123 e. The summed E-state index contributed by atoms with van der Waals surface area (Å²) in [6.45, 7) is 8.03. The Morgan fingerprint density at radius 1 is 0.950 bits per heavy atom. The first-order valence-corrected chi connectivity index (χ1v) is 6.83. The Bertz CT molecular complexity index is 599. The summed E-state index contributed by atoms with van der Waals surface area (Å²) in [5.74, 6) is -0.259. The van der Waals surface area contributed by atoms with Crippen LogP contribution in [0.25, 0.3) is 0 Å². The van der Waals surface area contributed by atoms with Crippen LogP contribution in [-0.4, -0.2) is 5.11 Å². The summed E-state index contributed by atoms with van der Waals surface area (Å²) < 4.78 is 13.0. The average Bonchev–Trinajstić information content (AvgIpc) is 2.41. The molecule has 1 atom stereocenters. The number of rotatable bonds is 3. The third-order valence-electron chi connectivity index (χ3n) is 4.12. The van der Waals surface area contributed by atoms with E-state index in [4.69, 9.17) is 0 Å². The minimum Gasteiger partial charge on any atom is -0.388 e. The van der Waals surface area contributed by atoms with Crippen LogP contribution >= 0.6 is 0 Å². The molecule has 0 aliphatic heterocycles. The maximum absolute atomic E-state index is 13.0. The van der Waals surface area contributed by atoms with Gasteiger partial charge in [0.05, 0.1) is 6.10 Å². The van der Waals surface area contributed by atoms with Gasteiger partial charge in [0.2, 0.25) is 0 Å². The highest BCUT2D eigenvalue weighted by molar-refractivity contribution is 5.35. The lowest BCUT2D eigenvalue weighted by Gasteiger charge is -2.32. The monoisotopic (exact) mass is 272 g/mol. The van der Waals surface area contributed by atoms with E-state index in [1.807, 2.05) is 39.0 Å². The Morgan fingerprint density at radius 2 is 1.55 bits per heavy atom. The van der Waals surface area contributed by atoms with Gasteiger partial charge in [-0.05, 0) is 48.2 Å². The van der Waals surface area contributed by atoms with Gasteiger partial charge in [-0.15, -0.1) is 0 Å². The summed E-state index contributed by atoms with van der Waals surface area (Å²) in [4.78, 5) is 0. The molecule has 2 aromatic rings. The van der Waals surface area contributed by atoms with Crippen molar-refractivity contribution < 1.29 is 9.50 Å². The molecule has 0 aromatic heterocycles. The first-order chi connectivity index (χ1) is 9.32. The minimum atomic E-state index is -0.632. The van der Waals surface area contributed by atoms with Gasteiger partial charge in [0.1, 0.15) is 5.82 Å². The molecule has 0 saturated heterocycles. The highest BCUT2D eigenvalue weighted by Crippen LogP contribution is 2.37. The molecule has 0 spiro atoms. The van der Waals surface area contributed by atoms with Gasteiger partial charge in [-0.3, -0.25) is 0 Å². The van der Waals surface area contributed by atoms with Gasteiger partial charge in [-0.1, -0.05) is 44.2 Å². The molecule has 2 heteroatoms. The molecule has 0 radical (unpaired) electrons. The van der Waals surface area contributed by atoms with Gasteiger partial charge in [-0.2, -0.15) is 0 Å². The van der Waals surface area contributed by atoms with Crippen molar-refractivity contribution in [1.29, 1.82) is 0 Å². The molecule has 1 N–H and O–H groups in total. The zero-order valence-corrected chi connectivity index (χ0v) is 12.4. The zero-order chi connectivity index (χ0) is 14.9. The van der Waals surface area contributed by atoms with E-state index in [0.29, 0.717) is 0 Å².